The number of fused-ring (bicyclic) bond motifs is 1. The van der Waals surface area contributed by atoms with Gasteiger partial charge in [-0.15, -0.1) is 0 Å². The van der Waals surface area contributed by atoms with Crippen molar-refractivity contribution in [2.45, 2.75) is 12.8 Å². The highest BCUT2D eigenvalue weighted by atomic mass is 16.2. The lowest BCUT2D eigenvalue weighted by molar-refractivity contribution is -0.130. The Morgan fingerprint density at radius 1 is 1.36 bits per heavy atom. The van der Waals surface area contributed by atoms with Gasteiger partial charge in [0.25, 0.3) is 0 Å². The number of carbonyl (C=O) groups excluding carboxylic acids is 1. The number of amides is 1. The van der Waals surface area contributed by atoms with Crippen molar-refractivity contribution in [3.05, 3.63) is 42.1 Å². The van der Waals surface area contributed by atoms with E-state index in [1.54, 1.807) is 0 Å². The zero-order valence-electron chi connectivity index (χ0n) is 13.3. The molecule has 1 aromatic carbocycles. The lowest BCUT2D eigenvalue weighted by atomic mass is 9.99. The maximum atomic E-state index is 12.1. The summed E-state index contributed by atoms with van der Waals surface area (Å²) in [7, 11) is 3.87. The monoisotopic (exact) mass is 297 g/mol. The number of hydrogen-bond donors (Lipinski definition) is 0. The summed E-state index contributed by atoms with van der Waals surface area (Å²) in [6, 6.07) is 10.4. The largest absolute Gasteiger partial charge is 0.341 e. The van der Waals surface area contributed by atoms with E-state index in [9.17, 15) is 4.79 Å². The van der Waals surface area contributed by atoms with E-state index in [4.69, 9.17) is 0 Å². The molecule has 4 heteroatoms. The molecule has 0 N–H and O–H groups in total. The minimum Gasteiger partial charge on any atom is -0.341 e. The Hall–Kier alpha value is -1.94. The fraction of sp³-hybridized carbons (Fsp3) is 0.444. The van der Waals surface area contributed by atoms with Crippen LogP contribution < -0.4 is 0 Å². The molecule has 0 spiro atoms. The normalized spacial score (nSPS) is 18.3. The quantitative estimate of drug-likeness (QED) is 0.868. The molecule has 116 valence electrons. The lowest BCUT2D eigenvalue weighted by Gasteiger charge is -2.19. The summed E-state index contributed by atoms with van der Waals surface area (Å²) in [5, 5.41) is 1.19. The van der Waals surface area contributed by atoms with Gasteiger partial charge in [-0.25, -0.2) is 0 Å². The summed E-state index contributed by atoms with van der Waals surface area (Å²) >= 11 is 0. The van der Waals surface area contributed by atoms with E-state index >= 15 is 0 Å². The molecule has 1 amide bonds. The Morgan fingerprint density at radius 2 is 2.18 bits per heavy atom. The number of pyridine rings is 1. The first-order valence-electron chi connectivity index (χ1n) is 7.88. The molecule has 1 saturated heterocycles. The number of carbonyl (C=O) groups is 1. The van der Waals surface area contributed by atoms with Crippen LogP contribution in [-0.4, -0.2) is 54.4 Å². The van der Waals surface area contributed by atoms with Crippen molar-refractivity contribution >= 4 is 16.8 Å². The van der Waals surface area contributed by atoms with E-state index in [0.717, 1.165) is 31.4 Å². The Bertz CT molecular complexity index is 668. The summed E-state index contributed by atoms with van der Waals surface area (Å²) in [6.45, 7) is 2.27. The van der Waals surface area contributed by atoms with Gasteiger partial charge in [0, 0.05) is 24.7 Å². The summed E-state index contributed by atoms with van der Waals surface area (Å²) in [5.74, 6) is 0.790. The number of para-hydroxylation sites is 1. The van der Waals surface area contributed by atoms with Crippen LogP contribution in [-0.2, 0) is 11.2 Å². The second kappa shape index (κ2) is 6.44. The number of aromatic nitrogens is 1. The molecule has 0 aliphatic carbocycles. The number of likely N-dealkylation sites (tertiary alicyclic amines) is 1. The third-order valence-electron chi connectivity index (χ3n) is 4.26. The van der Waals surface area contributed by atoms with Crippen molar-refractivity contribution in [3.63, 3.8) is 0 Å². The number of benzene rings is 1. The van der Waals surface area contributed by atoms with Gasteiger partial charge in [0.1, 0.15) is 0 Å². The van der Waals surface area contributed by atoms with Crippen LogP contribution >= 0.6 is 0 Å². The molecule has 22 heavy (non-hydrogen) atoms. The maximum absolute atomic E-state index is 12.1. The van der Waals surface area contributed by atoms with Gasteiger partial charge in [-0.05, 0) is 50.6 Å². The van der Waals surface area contributed by atoms with Crippen molar-refractivity contribution in [2.75, 3.05) is 33.7 Å². The molecule has 1 aliphatic heterocycles. The van der Waals surface area contributed by atoms with Crippen molar-refractivity contribution in [2.24, 2.45) is 5.92 Å². The first kappa shape index (κ1) is 15.0. The number of rotatable bonds is 4. The smallest absolute Gasteiger partial charge is 0.236 e. The molecule has 2 heterocycles. The third-order valence-corrected chi connectivity index (χ3v) is 4.26. The van der Waals surface area contributed by atoms with Gasteiger partial charge in [-0.2, -0.15) is 0 Å². The van der Waals surface area contributed by atoms with E-state index in [0.29, 0.717) is 12.5 Å². The fourth-order valence-electron chi connectivity index (χ4n) is 3.16. The summed E-state index contributed by atoms with van der Waals surface area (Å²) in [4.78, 5) is 20.6. The van der Waals surface area contributed by atoms with Crippen LogP contribution in [0.2, 0.25) is 0 Å². The molecular formula is C18H23N3O. The Labute approximate surface area is 131 Å². The molecule has 1 atom stereocenters. The van der Waals surface area contributed by atoms with Crippen LogP contribution in [0.5, 0.6) is 0 Å². The molecule has 0 radical (unpaired) electrons. The summed E-state index contributed by atoms with van der Waals surface area (Å²) in [5.41, 5.74) is 2.31. The van der Waals surface area contributed by atoms with Crippen LogP contribution in [0.3, 0.4) is 0 Å². The van der Waals surface area contributed by atoms with Crippen LogP contribution in [0.25, 0.3) is 10.9 Å². The Balaban J connectivity index is 1.62. The highest BCUT2D eigenvalue weighted by molar-refractivity contribution is 5.79. The average molecular weight is 297 g/mol. The molecule has 4 nitrogen and oxygen atoms in total. The lowest BCUT2D eigenvalue weighted by Crippen LogP contribution is -2.36. The molecule has 0 unspecified atom stereocenters. The second-order valence-electron chi connectivity index (χ2n) is 6.47. The van der Waals surface area contributed by atoms with Gasteiger partial charge in [0.15, 0.2) is 0 Å². The van der Waals surface area contributed by atoms with Crippen LogP contribution in [0.15, 0.2) is 36.5 Å². The van der Waals surface area contributed by atoms with E-state index in [1.165, 1.54) is 10.9 Å². The standard InChI is InChI=1S/C18H23N3O/c1-20(2)13-18(22)21-8-7-14(12-21)9-15-10-16-5-3-4-6-17(16)19-11-15/h3-6,10-11,14H,7-9,12-13H2,1-2H3/t14-/m0/s1. The van der Waals surface area contributed by atoms with Crippen LogP contribution in [0.4, 0.5) is 0 Å². The topological polar surface area (TPSA) is 36.4 Å². The van der Waals surface area contributed by atoms with E-state index in [-0.39, 0.29) is 5.91 Å². The fourth-order valence-corrected chi connectivity index (χ4v) is 3.16. The highest BCUT2D eigenvalue weighted by Crippen LogP contribution is 2.22. The molecule has 0 saturated carbocycles. The van der Waals surface area contributed by atoms with Gasteiger partial charge < -0.3 is 9.80 Å². The average Bonchev–Trinajstić information content (AvgIpc) is 2.95. The first-order valence-corrected chi connectivity index (χ1v) is 7.88. The Morgan fingerprint density at radius 3 is 3.00 bits per heavy atom. The molecule has 1 aromatic heterocycles. The first-order chi connectivity index (χ1) is 10.6. The van der Waals surface area contributed by atoms with Crippen molar-refractivity contribution in [3.8, 4) is 0 Å². The SMILES string of the molecule is CN(C)CC(=O)N1CC[C@@H](Cc2cnc3ccccc3c2)C1. The molecular weight excluding hydrogens is 274 g/mol. The zero-order valence-corrected chi connectivity index (χ0v) is 13.3. The number of nitrogens with zero attached hydrogens (tertiary/aromatic N) is 3. The molecule has 2 aromatic rings. The highest BCUT2D eigenvalue weighted by Gasteiger charge is 2.26. The number of hydrogen-bond acceptors (Lipinski definition) is 3. The molecule has 3 rings (SSSR count). The van der Waals surface area contributed by atoms with Crippen molar-refractivity contribution in [1.82, 2.24) is 14.8 Å². The summed E-state index contributed by atoms with van der Waals surface area (Å²) < 4.78 is 0. The van der Waals surface area contributed by atoms with Gasteiger partial charge in [0.05, 0.1) is 12.1 Å². The minimum atomic E-state index is 0.240. The zero-order chi connectivity index (χ0) is 15.5. The molecule has 0 bridgehead atoms. The van der Waals surface area contributed by atoms with E-state index in [2.05, 4.69) is 17.1 Å². The van der Waals surface area contributed by atoms with Crippen molar-refractivity contribution < 1.29 is 4.79 Å². The molecule has 1 fully saturated rings. The van der Waals surface area contributed by atoms with Crippen LogP contribution in [0.1, 0.15) is 12.0 Å². The van der Waals surface area contributed by atoms with Crippen molar-refractivity contribution in [1.29, 1.82) is 0 Å². The summed E-state index contributed by atoms with van der Waals surface area (Å²) in [6.07, 6.45) is 4.07. The third kappa shape index (κ3) is 3.45. The number of likely N-dealkylation sites (N-methyl/N-ethyl adjacent to an activating group) is 1. The predicted octanol–water partition coefficient (Wildman–Crippen LogP) is 2.19. The maximum Gasteiger partial charge on any atom is 0.236 e. The second-order valence-corrected chi connectivity index (χ2v) is 6.47. The Kier molecular flexibility index (Phi) is 4.39. The van der Waals surface area contributed by atoms with Gasteiger partial charge in [-0.1, -0.05) is 18.2 Å². The van der Waals surface area contributed by atoms with Gasteiger partial charge >= 0.3 is 0 Å². The minimum absolute atomic E-state index is 0.240. The predicted molar refractivity (Wildman–Crippen MR) is 88.7 cm³/mol. The van der Waals surface area contributed by atoms with E-state index < -0.39 is 0 Å². The van der Waals surface area contributed by atoms with Crippen LogP contribution in [0, 0.1) is 5.92 Å². The van der Waals surface area contributed by atoms with E-state index in [1.807, 2.05) is 48.3 Å². The molecule has 1 aliphatic rings. The van der Waals surface area contributed by atoms with Gasteiger partial charge in [0.2, 0.25) is 5.91 Å². The van der Waals surface area contributed by atoms with Gasteiger partial charge in [-0.3, -0.25) is 9.78 Å².